The lowest BCUT2D eigenvalue weighted by Crippen LogP contribution is -1.86. The third-order valence-electron chi connectivity index (χ3n) is 4.47. The Morgan fingerprint density at radius 3 is 2.40 bits per heavy atom. The molecule has 0 saturated heterocycles. The quantitative estimate of drug-likeness (QED) is 0.399. The Bertz CT molecular complexity index is 1050. The van der Waals surface area contributed by atoms with Crippen molar-refractivity contribution in [1.29, 1.82) is 0 Å². The number of aromatic nitrogens is 1. The molecule has 0 saturated carbocycles. The summed E-state index contributed by atoms with van der Waals surface area (Å²) in [6, 6.07) is 27.5. The first kappa shape index (κ1) is 15.3. The molecule has 120 valence electrons. The fourth-order valence-electron chi connectivity index (χ4n) is 3.01. The summed E-state index contributed by atoms with van der Waals surface area (Å²) in [6.45, 7) is 2.14. The SMILES string of the molecule is Cc1ccc(-c2ccccn2)cc1/C=C/c1ccc2ccccc2c1. The zero-order chi connectivity index (χ0) is 17.1. The molecule has 0 amide bonds. The van der Waals surface area contributed by atoms with E-state index < -0.39 is 0 Å². The van der Waals surface area contributed by atoms with E-state index in [0.29, 0.717) is 0 Å². The fraction of sp³-hybridized carbons (Fsp3) is 0.0417. The highest BCUT2D eigenvalue weighted by atomic mass is 14.7. The minimum absolute atomic E-state index is 1.00. The molecular formula is C24H19N. The van der Waals surface area contributed by atoms with Gasteiger partial charge in [0.05, 0.1) is 5.69 Å². The molecule has 0 fully saturated rings. The Kier molecular flexibility index (Phi) is 4.14. The molecule has 1 nitrogen and oxygen atoms in total. The van der Waals surface area contributed by atoms with Crippen LogP contribution in [0.25, 0.3) is 34.2 Å². The minimum Gasteiger partial charge on any atom is -0.256 e. The van der Waals surface area contributed by atoms with Crippen molar-refractivity contribution < 1.29 is 0 Å². The Labute approximate surface area is 148 Å². The van der Waals surface area contributed by atoms with Crippen LogP contribution in [0.2, 0.25) is 0 Å². The largest absolute Gasteiger partial charge is 0.256 e. The first-order valence-corrected chi connectivity index (χ1v) is 8.48. The van der Waals surface area contributed by atoms with Gasteiger partial charge in [-0.2, -0.15) is 0 Å². The number of hydrogen-bond donors (Lipinski definition) is 0. The number of fused-ring (bicyclic) bond motifs is 1. The molecule has 1 aromatic heterocycles. The van der Waals surface area contributed by atoms with Crippen molar-refractivity contribution in [2.45, 2.75) is 6.92 Å². The van der Waals surface area contributed by atoms with Gasteiger partial charge < -0.3 is 0 Å². The number of hydrogen-bond acceptors (Lipinski definition) is 1. The Hall–Kier alpha value is -3.19. The normalized spacial score (nSPS) is 11.2. The molecule has 4 rings (SSSR count). The van der Waals surface area contributed by atoms with E-state index in [-0.39, 0.29) is 0 Å². The first-order chi connectivity index (χ1) is 12.3. The maximum atomic E-state index is 4.45. The third-order valence-corrected chi connectivity index (χ3v) is 4.47. The van der Waals surface area contributed by atoms with E-state index in [1.54, 1.807) is 0 Å². The van der Waals surface area contributed by atoms with E-state index in [1.165, 1.54) is 27.5 Å². The van der Waals surface area contributed by atoms with Crippen LogP contribution in [-0.2, 0) is 0 Å². The second kappa shape index (κ2) is 6.74. The molecule has 0 N–H and O–H groups in total. The summed E-state index contributed by atoms with van der Waals surface area (Å²) in [4.78, 5) is 4.45. The minimum atomic E-state index is 1.00. The molecule has 0 aliphatic heterocycles. The van der Waals surface area contributed by atoms with E-state index in [2.05, 4.69) is 84.7 Å². The molecular weight excluding hydrogens is 302 g/mol. The summed E-state index contributed by atoms with van der Waals surface area (Å²) in [5, 5.41) is 2.54. The molecule has 0 aliphatic carbocycles. The lowest BCUT2D eigenvalue weighted by atomic mass is 10.0. The predicted molar refractivity (Wildman–Crippen MR) is 107 cm³/mol. The summed E-state index contributed by atoms with van der Waals surface area (Å²) in [5.74, 6) is 0. The predicted octanol–water partition coefficient (Wildman–Crippen LogP) is 6.38. The summed E-state index contributed by atoms with van der Waals surface area (Å²) in [7, 11) is 0. The molecule has 1 heterocycles. The van der Waals surface area contributed by atoms with Crippen molar-refractivity contribution in [3.8, 4) is 11.3 Å². The summed E-state index contributed by atoms with van der Waals surface area (Å²) in [5.41, 5.74) is 5.83. The van der Waals surface area contributed by atoms with Gasteiger partial charge in [0.2, 0.25) is 0 Å². The molecule has 1 heteroatoms. The van der Waals surface area contributed by atoms with E-state index in [0.717, 1.165) is 11.3 Å². The van der Waals surface area contributed by atoms with Crippen LogP contribution < -0.4 is 0 Å². The fourth-order valence-corrected chi connectivity index (χ4v) is 3.01. The van der Waals surface area contributed by atoms with Crippen molar-refractivity contribution in [2.24, 2.45) is 0 Å². The topological polar surface area (TPSA) is 12.9 Å². The zero-order valence-electron chi connectivity index (χ0n) is 14.2. The monoisotopic (exact) mass is 321 g/mol. The Morgan fingerprint density at radius 1 is 0.720 bits per heavy atom. The lowest BCUT2D eigenvalue weighted by Gasteiger charge is -2.06. The molecule has 3 aromatic carbocycles. The van der Waals surface area contributed by atoms with Gasteiger partial charge in [-0.15, -0.1) is 0 Å². The number of benzene rings is 3. The molecule has 0 radical (unpaired) electrons. The van der Waals surface area contributed by atoms with Gasteiger partial charge in [-0.1, -0.05) is 66.7 Å². The van der Waals surface area contributed by atoms with Gasteiger partial charge in [0.25, 0.3) is 0 Å². The molecule has 0 unspecified atom stereocenters. The number of aryl methyl sites for hydroxylation is 1. The molecule has 0 atom stereocenters. The van der Waals surface area contributed by atoms with E-state index >= 15 is 0 Å². The number of pyridine rings is 1. The summed E-state index contributed by atoms with van der Waals surface area (Å²) < 4.78 is 0. The van der Waals surface area contributed by atoms with Crippen LogP contribution in [0, 0.1) is 6.92 Å². The molecule has 4 aromatic rings. The van der Waals surface area contributed by atoms with Gasteiger partial charge in [-0.25, -0.2) is 0 Å². The standard InChI is InChI=1S/C24H19N/c1-18-9-12-23(24-8-4-5-15-25-24)17-21(18)14-11-19-10-13-20-6-2-3-7-22(20)16-19/h2-17H,1H3/b14-11+. The second-order valence-corrected chi connectivity index (χ2v) is 6.23. The van der Waals surface area contributed by atoms with Crippen molar-refractivity contribution in [1.82, 2.24) is 4.98 Å². The molecule has 0 spiro atoms. The summed E-state index contributed by atoms with van der Waals surface area (Å²) >= 11 is 0. The van der Waals surface area contributed by atoms with Crippen molar-refractivity contribution in [2.75, 3.05) is 0 Å². The molecule has 25 heavy (non-hydrogen) atoms. The van der Waals surface area contributed by atoms with Crippen LogP contribution in [-0.4, -0.2) is 4.98 Å². The van der Waals surface area contributed by atoms with Crippen LogP contribution in [0.4, 0.5) is 0 Å². The highest BCUT2D eigenvalue weighted by molar-refractivity contribution is 5.86. The van der Waals surface area contributed by atoms with Crippen LogP contribution in [0.3, 0.4) is 0 Å². The smallest absolute Gasteiger partial charge is 0.0702 e. The van der Waals surface area contributed by atoms with Gasteiger partial charge in [-0.05, 0) is 58.7 Å². The summed E-state index contributed by atoms with van der Waals surface area (Å²) in [6.07, 6.45) is 6.20. The first-order valence-electron chi connectivity index (χ1n) is 8.48. The van der Waals surface area contributed by atoms with Gasteiger partial charge in [0, 0.05) is 11.8 Å². The number of nitrogens with zero attached hydrogens (tertiary/aromatic N) is 1. The van der Waals surface area contributed by atoms with E-state index in [1.807, 2.05) is 24.4 Å². The van der Waals surface area contributed by atoms with Crippen LogP contribution in [0.15, 0.2) is 85.1 Å². The van der Waals surface area contributed by atoms with Gasteiger partial charge in [0.1, 0.15) is 0 Å². The van der Waals surface area contributed by atoms with Crippen molar-refractivity contribution >= 4 is 22.9 Å². The van der Waals surface area contributed by atoms with Gasteiger partial charge in [0.15, 0.2) is 0 Å². The van der Waals surface area contributed by atoms with Crippen LogP contribution in [0.1, 0.15) is 16.7 Å². The van der Waals surface area contributed by atoms with Crippen LogP contribution >= 0.6 is 0 Å². The van der Waals surface area contributed by atoms with E-state index in [9.17, 15) is 0 Å². The van der Waals surface area contributed by atoms with E-state index in [4.69, 9.17) is 0 Å². The Morgan fingerprint density at radius 2 is 1.56 bits per heavy atom. The average molecular weight is 321 g/mol. The maximum Gasteiger partial charge on any atom is 0.0702 e. The zero-order valence-corrected chi connectivity index (χ0v) is 14.2. The Balaban J connectivity index is 1.68. The molecule has 0 aliphatic rings. The van der Waals surface area contributed by atoms with Crippen LogP contribution in [0.5, 0.6) is 0 Å². The third kappa shape index (κ3) is 3.36. The average Bonchev–Trinajstić information content (AvgIpc) is 2.68. The maximum absolute atomic E-state index is 4.45. The highest BCUT2D eigenvalue weighted by Crippen LogP contribution is 2.23. The van der Waals surface area contributed by atoms with Gasteiger partial charge in [-0.3, -0.25) is 4.98 Å². The lowest BCUT2D eigenvalue weighted by molar-refractivity contribution is 1.32. The van der Waals surface area contributed by atoms with Gasteiger partial charge >= 0.3 is 0 Å². The van der Waals surface area contributed by atoms with Crippen molar-refractivity contribution in [3.63, 3.8) is 0 Å². The van der Waals surface area contributed by atoms with Crippen molar-refractivity contribution in [3.05, 3.63) is 102 Å². The number of rotatable bonds is 3. The second-order valence-electron chi connectivity index (χ2n) is 6.23. The highest BCUT2D eigenvalue weighted by Gasteiger charge is 2.01. The molecule has 0 bridgehead atoms.